The minimum atomic E-state index is -0.946. The monoisotopic (exact) mass is 478 g/mol. The smallest absolute Gasteiger partial charge is 0.296 e. The first-order valence-electron chi connectivity index (χ1n) is 10.3. The number of benzene rings is 2. The highest BCUT2D eigenvalue weighted by Gasteiger charge is 2.46. The van der Waals surface area contributed by atoms with Crippen LogP contribution in [0, 0.1) is 6.92 Å². The number of aliphatic hydroxyl groups is 1. The third kappa shape index (κ3) is 4.03. The molecular formula is C24H22N4O5S. The Morgan fingerprint density at radius 1 is 1.03 bits per heavy atom. The van der Waals surface area contributed by atoms with E-state index in [0.717, 1.165) is 0 Å². The molecule has 174 valence electrons. The Morgan fingerprint density at radius 3 is 2.18 bits per heavy atom. The van der Waals surface area contributed by atoms with Crippen LogP contribution in [0.2, 0.25) is 0 Å². The zero-order chi connectivity index (χ0) is 24.6. The molecule has 2 heterocycles. The van der Waals surface area contributed by atoms with Gasteiger partial charge in [0.15, 0.2) is 11.5 Å². The topological polar surface area (TPSA) is 113 Å². The van der Waals surface area contributed by atoms with Gasteiger partial charge in [-0.25, -0.2) is 0 Å². The molecule has 3 aromatic rings. The van der Waals surface area contributed by atoms with Crippen molar-refractivity contribution in [2.75, 3.05) is 26.1 Å². The van der Waals surface area contributed by atoms with Gasteiger partial charge in [0.1, 0.15) is 10.8 Å². The van der Waals surface area contributed by atoms with Gasteiger partial charge in [-0.2, -0.15) is 0 Å². The molecular weight excluding hydrogens is 456 g/mol. The summed E-state index contributed by atoms with van der Waals surface area (Å²) in [4.78, 5) is 41.7. The Bertz CT molecular complexity index is 1300. The van der Waals surface area contributed by atoms with Crippen LogP contribution in [0.3, 0.4) is 0 Å². The molecule has 0 saturated heterocycles. The van der Waals surface area contributed by atoms with Crippen LogP contribution in [0.4, 0.5) is 5.13 Å². The zero-order valence-electron chi connectivity index (χ0n) is 19.0. The van der Waals surface area contributed by atoms with Crippen molar-refractivity contribution in [2.24, 2.45) is 0 Å². The maximum Gasteiger partial charge on any atom is 0.296 e. The Labute approximate surface area is 199 Å². The lowest BCUT2D eigenvalue weighted by Gasteiger charge is -2.24. The van der Waals surface area contributed by atoms with E-state index in [2.05, 4.69) is 10.2 Å². The number of carbonyl (C=O) groups is 3. The maximum atomic E-state index is 13.5. The molecule has 1 atom stereocenters. The number of carbonyl (C=O) groups excluding carboxylic acids is 3. The number of aliphatic hydroxyl groups excluding tert-OH is 1. The fraction of sp³-hybridized carbons (Fsp3) is 0.208. The lowest BCUT2D eigenvalue weighted by molar-refractivity contribution is -0.117. The molecule has 9 nitrogen and oxygen atoms in total. The maximum absolute atomic E-state index is 13.5. The lowest BCUT2D eigenvalue weighted by Crippen LogP contribution is -2.31. The average Bonchev–Trinajstić information content (AvgIpc) is 3.38. The fourth-order valence-corrected chi connectivity index (χ4v) is 4.41. The molecule has 10 heteroatoms. The van der Waals surface area contributed by atoms with Crippen LogP contribution in [0.5, 0.6) is 5.75 Å². The molecule has 34 heavy (non-hydrogen) atoms. The second-order valence-electron chi connectivity index (χ2n) is 7.82. The van der Waals surface area contributed by atoms with Crippen molar-refractivity contribution in [3.63, 3.8) is 0 Å². The molecule has 1 aliphatic rings. The number of methoxy groups -OCH3 is 1. The van der Waals surface area contributed by atoms with E-state index in [-0.39, 0.29) is 22.2 Å². The van der Waals surface area contributed by atoms with Gasteiger partial charge in [0.25, 0.3) is 11.8 Å². The lowest BCUT2D eigenvalue weighted by atomic mass is 9.92. The SMILES string of the molecule is COc1ccc(C(=O)C2=C(O)C(=O)N(c3nnc(C)s3)C2c2ccc(C(=O)N(C)C)cc2)cc1. The zero-order valence-corrected chi connectivity index (χ0v) is 19.8. The van der Waals surface area contributed by atoms with E-state index < -0.39 is 23.5 Å². The number of rotatable bonds is 6. The predicted molar refractivity (Wildman–Crippen MR) is 126 cm³/mol. The molecule has 0 spiro atoms. The van der Waals surface area contributed by atoms with Crippen LogP contribution in [0.15, 0.2) is 59.9 Å². The van der Waals surface area contributed by atoms with Crippen LogP contribution in [0.1, 0.15) is 37.3 Å². The summed E-state index contributed by atoms with van der Waals surface area (Å²) in [5, 5.41) is 19.7. The third-order valence-corrected chi connectivity index (χ3v) is 6.24. The van der Waals surface area contributed by atoms with E-state index in [4.69, 9.17) is 4.74 Å². The van der Waals surface area contributed by atoms with Gasteiger partial charge < -0.3 is 14.7 Å². The molecule has 2 amide bonds. The first kappa shape index (κ1) is 23.1. The molecule has 0 bridgehead atoms. The van der Waals surface area contributed by atoms with Crippen LogP contribution in [0.25, 0.3) is 0 Å². The minimum absolute atomic E-state index is 0.0743. The normalized spacial score (nSPS) is 15.6. The molecule has 1 aliphatic heterocycles. The van der Waals surface area contributed by atoms with Gasteiger partial charge in [0.2, 0.25) is 5.13 Å². The number of hydrogen-bond donors (Lipinski definition) is 1. The molecule has 2 aromatic carbocycles. The van der Waals surface area contributed by atoms with E-state index in [9.17, 15) is 19.5 Å². The number of amides is 2. The summed E-state index contributed by atoms with van der Waals surface area (Å²) in [6, 6.07) is 12.0. The van der Waals surface area contributed by atoms with Crippen LogP contribution in [-0.4, -0.2) is 59.0 Å². The van der Waals surface area contributed by atoms with Crippen molar-refractivity contribution in [1.82, 2.24) is 15.1 Å². The Morgan fingerprint density at radius 2 is 1.65 bits per heavy atom. The molecule has 1 unspecified atom stereocenters. The van der Waals surface area contributed by atoms with Crippen molar-refractivity contribution < 1.29 is 24.2 Å². The number of ether oxygens (including phenoxy) is 1. The Hall–Kier alpha value is -4.05. The first-order chi connectivity index (χ1) is 16.2. The minimum Gasteiger partial charge on any atom is -0.503 e. The van der Waals surface area contributed by atoms with Gasteiger partial charge in [-0.05, 0) is 48.9 Å². The van der Waals surface area contributed by atoms with E-state index in [0.29, 0.717) is 21.9 Å². The summed E-state index contributed by atoms with van der Waals surface area (Å²) in [5.41, 5.74) is 1.20. The number of Topliss-reactive ketones (excluding diaryl/α,β-unsaturated/α-hetero) is 1. The standard InChI is InChI=1S/C24H22N4O5S/c1-13-25-26-24(34-13)28-19(14-5-7-16(8-6-14)22(31)27(2)3)18(21(30)23(28)32)20(29)15-9-11-17(33-4)12-10-15/h5-12,19,30H,1-4H3. The summed E-state index contributed by atoms with van der Waals surface area (Å²) in [7, 11) is 4.82. The van der Waals surface area contributed by atoms with Gasteiger partial charge in [0.05, 0.1) is 18.7 Å². The van der Waals surface area contributed by atoms with Crippen molar-refractivity contribution in [3.05, 3.63) is 81.6 Å². The second kappa shape index (κ2) is 9.06. The first-order valence-corrected chi connectivity index (χ1v) is 11.1. The molecule has 1 N–H and O–H groups in total. The van der Waals surface area contributed by atoms with Gasteiger partial charge in [-0.1, -0.05) is 23.5 Å². The molecule has 0 radical (unpaired) electrons. The number of nitrogens with zero attached hydrogens (tertiary/aromatic N) is 4. The van der Waals surface area contributed by atoms with Gasteiger partial charge in [-0.3, -0.25) is 19.3 Å². The third-order valence-electron chi connectivity index (χ3n) is 5.41. The molecule has 0 fully saturated rings. The summed E-state index contributed by atoms with van der Waals surface area (Å²) >= 11 is 1.17. The Balaban J connectivity index is 1.81. The quantitative estimate of drug-likeness (QED) is 0.541. The van der Waals surface area contributed by atoms with Crippen LogP contribution >= 0.6 is 11.3 Å². The average molecular weight is 479 g/mol. The summed E-state index contributed by atoms with van der Waals surface area (Å²) in [6.07, 6.45) is 0. The summed E-state index contributed by atoms with van der Waals surface area (Å²) in [6.45, 7) is 1.75. The summed E-state index contributed by atoms with van der Waals surface area (Å²) < 4.78 is 5.15. The molecule has 1 aromatic heterocycles. The highest BCUT2D eigenvalue weighted by molar-refractivity contribution is 7.15. The number of ketones is 1. The van der Waals surface area contributed by atoms with Gasteiger partial charge in [0, 0.05) is 25.2 Å². The van der Waals surface area contributed by atoms with Crippen molar-refractivity contribution in [3.8, 4) is 5.75 Å². The van der Waals surface area contributed by atoms with Crippen LogP contribution < -0.4 is 9.64 Å². The van der Waals surface area contributed by atoms with E-state index in [1.165, 1.54) is 28.2 Å². The number of aryl methyl sites for hydroxylation is 1. The largest absolute Gasteiger partial charge is 0.503 e. The molecule has 0 aliphatic carbocycles. The summed E-state index contributed by atoms with van der Waals surface area (Å²) in [5.74, 6) is -1.51. The highest BCUT2D eigenvalue weighted by Crippen LogP contribution is 2.42. The fourth-order valence-electron chi connectivity index (χ4n) is 3.70. The number of hydrogen-bond acceptors (Lipinski definition) is 8. The number of aromatic nitrogens is 2. The van der Waals surface area contributed by atoms with E-state index in [1.54, 1.807) is 69.6 Å². The second-order valence-corrected chi connectivity index (χ2v) is 8.98. The van der Waals surface area contributed by atoms with Gasteiger partial charge >= 0.3 is 0 Å². The molecule has 0 saturated carbocycles. The van der Waals surface area contributed by atoms with E-state index >= 15 is 0 Å². The highest BCUT2D eigenvalue weighted by atomic mass is 32.1. The van der Waals surface area contributed by atoms with Gasteiger partial charge in [-0.15, -0.1) is 10.2 Å². The van der Waals surface area contributed by atoms with Crippen LogP contribution in [-0.2, 0) is 4.79 Å². The predicted octanol–water partition coefficient (Wildman–Crippen LogP) is 3.34. The molecule has 4 rings (SSSR count). The Kier molecular flexibility index (Phi) is 6.16. The number of anilines is 1. The van der Waals surface area contributed by atoms with Crippen molar-refractivity contribution >= 4 is 34.1 Å². The van der Waals surface area contributed by atoms with Crippen molar-refractivity contribution in [1.29, 1.82) is 0 Å². The van der Waals surface area contributed by atoms with Crippen molar-refractivity contribution in [2.45, 2.75) is 13.0 Å². The van der Waals surface area contributed by atoms with E-state index in [1.807, 2.05) is 0 Å².